The van der Waals surface area contributed by atoms with Gasteiger partial charge in [-0.3, -0.25) is 4.79 Å². The molecule has 0 bridgehead atoms. The molecule has 0 spiro atoms. The standard InChI is InChI=1S/C17H22N4O4.ClH/c1-12-19-15(21-25-12)11-24-14-5-3-13(4-6-14)20-16(22)17(23-2)7-9-18-10-8-17;/h3-6,18H,7-11H2,1-2H3,(H,20,22);1H. The number of carbonyl (C=O) groups is 1. The molecule has 0 radical (unpaired) electrons. The van der Waals surface area contributed by atoms with E-state index in [4.69, 9.17) is 14.0 Å². The average molecular weight is 383 g/mol. The van der Waals surface area contributed by atoms with Gasteiger partial charge in [0.05, 0.1) is 0 Å². The van der Waals surface area contributed by atoms with Gasteiger partial charge in [0.15, 0.2) is 6.61 Å². The lowest BCUT2D eigenvalue weighted by atomic mass is 9.91. The average Bonchev–Trinajstić information content (AvgIpc) is 3.07. The quantitative estimate of drug-likeness (QED) is 0.789. The molecule has 8 nitrogen and oxygen atoms in total. The van der Waals surface area contributed by atoms with Gasteiger partial charge in [-0.15, -0.1) is 12.4 Å². The van der Waals surface area contributed by atoms with E-state index in [-0.39, 0.29) is 24.9 Å². The first-order valence-corrected chi connectivity index (χ1v) is 8.21. The molecule has 1 aliphatic rings. The van der Waals surface area contributed by atoms with Crippen LogP contribution in [0.25, 0.3) is 0 Å². The molecule has 2 N–H and O–H groups in total. The fourth-order valence-corrected chi connectivity index (χ4v) is 2.78. The topological polar surface area (TPSA) is 98.5 Å². The van der Waals surface area contributed by atoms with E-state index in [1.807, 2.05) is 0 Å². The molecule has 26 heavy (non-hydrogen) atoms. The van der Waals surface area contributed by atoms with Crippen molar-refractivity contribution in [2.45, 2.75) is 32.0 Å². The monoisotopic (exact) mass is 382 g/mol. The number of carbonyl (C=O) groups excluding carboxylic acids is 1. The predicted molar refractivity (Wildman–Crippen MR) is 97.5 cm³/mol. The van der Waals surface area contributed by atoms with Crippen molar-refractivity contribution in [3.05, 3.63) is 36.0 Å². The second-order valence-electron chi connectivity index (χ2n) is 5.95. The molecule has 0 saturated carbocycles. The summed E-state index contributed by atoms with van der Waals surface area (Å²) in [5.41, 5.74) is -0.0700. The number of hydrogen-bond donors (Lipinski definition) is 2. The third-order valence-electron chi connectivity index (χ3n) is 4.27. The van der Waals surface area contributed by atoms with Gasteiger partial charge >= 0.3 is 0 Å². The van der Waals surface area contributed by atoms with Crippen LogP contribution in [0.4, 0.5) is 5.69 Å². The fraction of sp³-hybridized carbons (Fsp3) is 0.471. The predicted octanol–water partition coefficient (Wildman–Crippen LogP) is 2.09. The van der Waals surface area contributed by atoms with Crippen LogP contribution in [0.2, 0.25) is 0 Å². The van der Waals surface area contributed by atoms with Crippen LogP contribution >= 0.6 is 12.4 Å². The molecule has 0 unspecified atom stereocenters. The molecule has 9 heteroatoms. The largest absolute Gasteiger partial charge is 0.485 e. The molecule has 1 aliphatic heterocycles. The highest BCUT2D eigenvalue weighted by Crippen LogP contribution is 2.25. The Kier molecular flexibility index (Phi) is 6.96. The molecule has 0 atom stereocenters. The number of methoxy groups -OCH3 is 1. The van der Waals surface area contributed by atoms with Crippen LogP contribution in [0.5, 0.6) is 5.75 Å². The minimum atomic E-state index is -0.767. The number of hydrogen-bond acceptors (Lipinski definition) is 7. The van der Waals surface area contributed by atoms with E-state index in [0.717, 1.165) is 13.1 Å². The van der Waals surface area contributed by atoms with E-state index in [1.54, 1.807) is 38.3 Å². The molecule has 142 valence electrons. The minimum absolute atomic E-state index is 0. The third-order valence-corrected chi connectivity index (χ3v) is 4.27. The van der Waals surface area contributed by atoms with E-state index in [0.29, 0.717) is 36.0 Å². The Morgan fingerprint density at radius 3 is 2.58 bits per heavy atom. The molecule has 2 heterocycles. The van der Waals surface area contributed by atoms with Gasteiger partial charge in [-0.25, -0.2) is 0 Å². The van der Waals surface area contributed by atoms with E-state index < -0.39 is 5.60 Å². The van der Waals surface area contributed by atoms with Crippen molar-refractivity contribution in [1.29, 1.82) is 0 Å². The molecular formula is C17H23ClN4O4. The maximum Gasteiger partial charge on any atom is 0.256 e. The zero-order valence-electron chi connectivity index (χ0n) is 14.8. The number of nitrogens with zero attached hydrogens (tertiary/aromatic N) is 2. The number of aryl methyl sites for hydroxylation is 1. The zero-order chi connectivity index (χ0) is 17.7. The van der Waals surface area contributed by atoms with Crippen LogP contribution in [0.3, 0.4) is 0 Å². The molecule has 3 rings (SSSR count). The lowest BCUT2D eigenvalue weighted by molar-refractivity contribution is -0.140. The number of amides is 1. The number of nitrogens with one attached hydrogen (secondary N) is 2. The van der Waals surface area contributed by atoms with Crippen LogP contribution in [0, 0.1) is 6.92 Å². The van der Waals surface area contributed by atoms with E-state index in [2.05, 4.69) is 20.8 Å². The number of anilines is 1. The highest BCUT2D eigenvalue weighted by atomic mass is 35.5. The second kappa shape index (κ2) is 8.98. The van der Waals surface area contributed by atoms with Gasteiger partial charge in [-0.05, 0) is 50.2 Å². The van der Waals surface area contributed by atoms with Crippen LogP contribution in [-0.2, 0) is 16.1 Å². The summed E-state index contributed by atoms with van der Waals surface area (Å²) in [5, 5.41) is 9.93. The summed E-state index contributed by atoms with van der Waals surface area (Å²) < 4.78 is 16.0. The summed E-state index contributed by atoms with van der Waals surface area (Å²) in [5.74, 6) is 1.53. The Bertz CT molecular complexity index is 714. The zero-order valence-corrected chi connectivity index (χ0v) is 15.6. The minimum Gasteiger partial charge on any atom is -0.485 e. The van der Waals surface area contributed by atoms with Crippen LogP contribution in [0.1, 0.15) is 24.6 Å². The number of rotatable bonds is 6. The van der Waals surface area contributed by atoms with Gasteiger partial charge in [0, 0.05) is 19.7 Å². The van der Waals surface area contributed by atoms with E-state index >= 15 is 0 Å². The van der Waals surface area contributed by atoms with Gasteiger partial charge in [-0.1, -0.05) is 5.16 Å². The van der Waals surface area contributed by atoms with Gasteiger partial charge in [0.1, 0.15) is 11.4 Å². The number of piperidine rings is 1. The lowest BCUT2D eigenvalue weighted by Crippen LogP contribution is -2.51. The highest BCUT2D eigenvalue weighted by molar-refractivity contribution is 5.97. The first kappa shape index (κ1) is 20.2. The molecule has 0 aliphatic carbocycles. The highest BCUT2D eigenvalue weighted by Gasteiger charge is 2.39. The number of halogens is 1. The van der Waals surface area contributed by atoms with Gasteiger partial charge in [0.2, 0.25) is 11.7 Å². The van der Waals surface area contributed by atoms with E-state index in [1.165, 1.54) is 0 Å². The van der Waals surface area contributed by atoms with Crippen molar-refractivity contribution in [2.24, 2.45) is 0 Å². The number of aromatic nitrogens is 2. The molecule has 1 aromatic heterocycles. The summed E-state index contributed by atoms with van der Waals surface area (Å²) in [6.07, 6.45) is 1.31. The normalized spacial score (nSPS) is 15.8. The lowest BCUT2D eigenvalue weighted by Gasteiger charge is -2.34. The van der Waals surface area contributed by atoms with Crippen LogP contribution < -0.4 is 15.4 Å². The molecule has 2 aromatic rings. The molecule has 1 aromatic carbocycles. The molecular weight excluding hydrogens is 360 g/mol. The van der Waals surface area contributed by atoms with Gasteiger partial charge in [-0.2, -0.15) is 4.98 Å². The van der Waals surface area contributed by atoms with Crippen LogP contribution in [-0.4, -0.2) is 41.8 Å². The summed E-state index contributed by atoms with van der Waals surface area (Å²) in [4.78, 5) is 16.7. The van der Waals surface area contributed by atoms with E-state index in [9.17, 15) is 4.79 Å². The summed E-state index contributed by atoms with van der Waals surface area (Å²) >= 11 is 0. The Hall–Kier alpha value is -2.16. The Morgan fingerprint density at radius 2 is 2.00 bits per heavy atom. The van der Waals surface area contributed by atoms with Gasteiger partial charge in [0.25, 0.3) is 5.91 Å². The van der Waals surface area contributed by atoms with Crippen molar-refractivity contribution < 1.29 is 18.8 Å². The summed E-state index contributed by atoms with van der Waals surface area (Å²) in [7, 11) is 1.58. The Labute approximate surface area is 158 Å². The van der Waals surface area contributed by atoms with Crippen molar-refractivity contribution in [2.75, 3.05) is 25.5 Å². The molecule has 1 amide bonds. The second-order valence-corrected chi connectivity index (χ2v) is 5.95. The van der Waals surface area contributed by atoms with Crippen molar-refractivity contribution >= 4 is 24.0 Å². The SMILES string of the molecule is COC1(C(=O)Nc2ccc(OCc3noc(C)n3)cc2)CCNCC1.Cl. The maximum absolute atomic E-state index is 12.6. The molecule has 1 fully saturated rings. The fourth-order valence-electron chi connectivity index (χ4n) is 2.78. The summed E-state index contributed by atoms with van der Waals surface area (Å²) in [6, 6.07) is 7.15. The Balaban J connectivity index is 0.00000243. The van der Waals surface area contributed by atoms with Crippen molar-refractivity contribution in [1.82, 2.24) is 15.5 Å². The third kappa shape index (κ3) is 4.72. The number of ether oxygens (including phenoxy) is 2. The maximum atomic E-state index is 12.6. The van der Waals surface area contributed by atoms with Gasteiger partial charge < -0.3 is 24.6 Å². The Morgan fingerprint density at radius 1 is 1.31 bits per heavy atom. The number of benzene rings is 1. The first-order chi connectivity index (χ1) is 12.1. The van der Waals surface area contributed by atoms with Crippen LogP contribution in [0.15, 0.2) is 28.8 Å². The smallest absolute Gasteiger partial charge is 0.256 e. The van der Waals surface area contributed by atoms with Crippen molar-refractivity contribution in [3.8, 4) is 5.75 Å². The van der Waals surface area contributed by atoms with Crippen molar-refractivity contribution in [3.63, 3.8) is 0 Å². The molecule has 1 saturated heterocycles. The first-order valence-electron chi connectivity index (χ1n) is 8.21. The summed E-state index contributed by atoms with van der Waals surface area (Å²) in [6.45, 7) is 3.49.